The van der Waals surface area contributed by atoms with Crippen molar-refractivity contribution < 1.29 is 4.79 Å². The van der Waals surface area contributed by atoms with Gasteiger partial charge in [-0.15, -0.1) is 11.3 Å². The maximum absolute atomic E-state index is 12.3. The van der Waals surface area contributed by atoms with Gasteiger partial charge in [0.25, 0.3) is 0 Å². The fourth-order valence-electron chi connectivity index (χ4n) is 3.51. The number of benzene rings is 1. The molecule has 4 nitrogen and oxygen atoms in total. The topological polar surface area (TPSA) is 46.4 Å². The number of rotatable bonds is 4. The summed E-state index contributed by atoms with van der Waals surface area (Å²) < 4.78 is 2.06. The van der Waals surface area contributed by atoms with E-state index in [1.165, 1.54) is 24.0 Å². The largest absolute Gasteiger partial charge is 0.353 e. The highest BCUT2D eigenvalue weighted by Crippen LogP contribution is 2.25. The first-order valence-corrected chi connectivity index (χ1v) is 9.80. The Bertz CT molecular complexity index is 918. The van der Waals surface area contributed by atoms with Gasteiger partial charge in [-0.1, -0.05) is 25.0 Å². The first kappa shape index (κ1) is 16.3. The fourth-order valence-corrected chi connectivity index (χ4v) is 4.38. The fraction of sp³-hybridized carbons (Fsp3) is 0.400. The lowest BCUT2D eigenvalue weighted by molar-refractivity contribution is -0.121. The highest BCUT2D eigenvalue weighted by molar-refractivity contribution is 7.15. The lowest BCUT2D eigenvalue weighted by Crippen LogP contribution is -2.33. The summed E-state index contributed by atoms with van der Waals surface area (Å²) in [5.41, 5.74) is 5.66. The summed E-state index contributed by atoms with van der Waals surface area (Å²) in [6, 6.07) is 6.79. The van der Waals surface area contributed by atoms with Crippen LogP contribution in [0.3, 0.4) is 0 Å². The van der Waals surface area contributed by atoms with Gasteiger partial charge in [-0.3, -0.25) is 9.20 Å². The van der Waals surface area contributed by atoms with Crippen molar-refractivity contribution in [3.63, 3.8) is 0 Å². The Kier molecular flexibility index (Phi) is 4.34. The monoisotopic (exact) mass is 353 g/mol. The molecule has 4 rings (SSSR count). The molecule has 0 unspecified atom stereocenters. The van der Waals surface area contributed by atoms with Crippen molar-refractivity contribution >= 4 is 22.2 Å². The predicted octanol–water partition coefficient (Wildman–Crippen LogP) is 4.28. The molecular weight excluding hydrogens is 330 g/mol. The van der Waals surface area contributed by atoms with Crippen LogP contribution in [0, 0.1) is 13.8 Å². The van der Waals surface area contributed by atoms with Crippen LogP contribution in [0.25, 0.3) is 16.2 Å². The number of hydrogen-bond acceptors (Lipinski definition) is 3. The average Bonchev–Trinajstić information content (AvgIpc) is 3.29. The molecule has 1 amide bonds. The Morgan fingerprint density at radius 1 is 1.28 bits per heavy atom. The third-order valence-corrected chi connectivity index (χ3v) is 6.04. The number of thiazole rings is 1. The van der Waals surface area contributed by atoms with Crippen molar-refractivity contribution in [3.8, 4) is 11.3 Å². The van der Waals surface area contributed by atoms with Gasteiger partial charge in [0.05, 0.1) is 12.1 Å². The van der Waals surface area contributed by atoms with E-state index >= 15 is 0 Å². The molecule has 130 valence electrons. The highest BCUT2D eigenvalue weighted by Gasteiger charge is 2.18. The summed E-state index contributed by atoms with van der Waals surface area (Å²) >= 11 is 1.59. The molecule has 25 heavy (non-hydrogen) atoms. The maximum atomic E-state index is 12.3. The summed E-state index contributed by atoms with van der Waals surface area (Å²) in [6.45, 7) is 4.24. The van der Waals surface area contributed by atoms with Gasteiger partial charge in [-0.2, -0.15) is 0 Å². The molecule has 0 bridgehead atoms. The SMILES string of the molecule is Cc1ccc(-c2cn3c(CC(=O)NC4CCCC4)csc3n2)cc1C. The lowest BCUT2D eigenvalue weighted by Gasteiger charge is -2.11. The smallest absolute Gasteiger partial charge is 0.226 e. The summed E-state index contributed by atoms with van der Waals surface area (Å²) in [5.74, 6) is 0.119. The molecule has 0 atom stereocenters. The van der Waals surface area contributed by atoms with Crippen LogP contribution in [0.2, 0.25) is 0 Å². The van der Waals surface area contributed by atoms with Gasteiger partial charge in [-0.25, -0.2) is 4.98 Å². The minimum absolute atomic E-state index is 0.119. The van der Waals surface area contributed by atoms with Crippen LogP contribution in [0.5, 0.6) is 0 Å². The zero-order valence-electron chi connectivity index (χ0n) is 14.7. The van der Waals surface area contributed by atoms with Gasteiger partial charge in [0.2, 0.25) is 5.91 Å². The van der Waals surface area contributed by atoms with Gasteiger partial charge in [0.1, 0.15) is 0 Å². The van der Waals surface area contributed by atoms with E-state index < -0.39 is 0 Å². The molecule has 0 radical (unpaired) electrons. The molecule has 2 aromatic heterocycles. The Morgan fingerprint density at radius 2 is 2.08 bits per heavy atom. The van der Waals surface area contributed by atoms with Gasteiger partial charge in [0, 0.05) is 28.9 Å². The second kappa shape index (κ2) is 6.64. The number of carbonyl (C=O) groups excluding carboxylic acids is 1. The highest BCUT2D eigenvalue weighted by atomic mass is 32.1. The molecule has 3 aromatic rings. The van der Waals surface area contributed by atoms with Crippen molar-refractivity contribution in [3.05, 3.63) is 46.6 Å². The third-order valence-electron chi connectivity index (χ3n) is 5.15. The zero-order valence-corrected chi connectivity index (χ0v) is 15.5. The molecule has 1 N–H and O–H groups in total. The first-order valence-electron chi connectivity index (χ1n) is 8.92. The quantitative estimate of drug-likeness (QED) is 0.761. The average molecular weight is 353 g/mol. The van der Waals surface area contributed by atoms with Crippen molar-refractivity contribution in [2.45, 2.75) is 52.0 Å². The molecule has 1 aliphatic carbocycles. The Hall–Kier alpha value is -2.14. The minimum Gasteiger partial charge on any atom is -0.353 e. The lowest BCUT2D eigenvalue weighted by atomic mass is 10.0. The minimum atomic E-state index is 0.119. The number of amides is 1. The van der Waals surface area contributed by atoms with Crippen molar-refractivity contribution in [2.24, 2.45) is 0 Å². The molecule has 0 aliphatic heterocycles. The maximum Gasteiger partial charge on any atom is 0.226 e. The van der Waals surface area contributed by atoms with Gasteiger partial charge in [-0.05, 0) is 43.9 Å². The Morgan fingerprint density at radius 3 is 2.84 bits per heavy atom. The molecule has 1 aliphatic rings. The van der Waals surface area contributed by atoms with Crippen LogP contribution in [-0.4, -0.2) is 21.3 Å². The number of nitrogens with zero attached hydrogens (tertiary/aromatic N) is 2. The van der Waals surface area contributed by atoms with E-state index in [9.17, 15) is 4.79 Å². The van der Waals surface area contributed by atoms with Crippen molar-refractivity contribution in [1.29, 1.82) is 0 Å². The molecule has 1 fully saturated rings. The van der Waals surface area contributed by atoms with Gasteiger partial charge < -0.3 is 5.32 Å². The van der Waals surface area contributed by atoms with E-state index in [4.69, 9.17) is 4.98 Å². The predicted molar refractivity (Wildman–Crippen MR) is 102 cm³/mol. The molecule has 1 saturated carbocycles. The van der Waals surface area contributed by atoms with Crippen LogP contribution in [-0.2, 0) is 11.2 Å². The summed E-state index contributed by atoms with van der Waals surface area (Å²) in [6.07, 6.45) is 7.16. The standard InChI is InChI=1S/C20H23N3OS/c1-13-7-8-15(9-14(13)2)18-11-23-17(12-25-20(23)22-18)10-19(24)21-16-5-3-4-6-16/h7-9,11-12,16H,3-6,10H2,1-2H3,(H,21,24). The van der Waals surface area contributed by atoms with E-state index in [0.717, 1.165) is 34.8 Å². The van der Waals surface area contributed by atoms with E-state index in [2.05, 4.69) is 41.8 Å². The number of aryl methyl sites for hydroxylation is 2. The summed E-state index contributed by atoms with van der Waals surface area (Å²) in [5, 5.41) is 5.21. The number of nitrogens with one attached hydrogen (secondary N) is 1. The molecular formula is C20H23N3OS. The number of carbonyl (C=O) groups is 1. The van der Waals surface area contributed by atoms with Gasteiger partial charge in [0.15, 0.2) is 4.96 Å². The number of hydrogen-bond donors (Lipinski definition) is 1. The van der Waals surface area contributed by atoms with Crippen LogP contribution in [0.4, 0.5) is 0 Å². The van der Waals surface area contributed by atoms with E-state index in [1.807, 2.05) is 11.6 Å². The number of aromatic nitrogens is 2. The molecule has 2 heterocycles. The van der Waals surface area contributed by atoms with Crippen LogP contribution < -0.4 is 5.32 Å². The third kappa shape index (κ3) is 3.33. The van der Waals surface area contributed by atoms with Crippen molar-refractivity contribution in [1.82, 2.24) is 14.7 Å². The second-order valence-corrected chi connectivity index (χ2v) is 7.87. The molecule has 0 spiro atoms. The molecule has 0 saturated heterocycles. The second-order valence-electron chi connectivity index (χ2n) is 7.03. The number of imidazole rings is 1. The summed E-state index contributed by atoms with van der Waals surface area (Å²) in [7, 11) is 0. The van der Waals surface area contributed by atoms with Crippen LogP contribution in [0.15, 0.2) is 29.8 Å². The number of fused-ring (bicyclic) bond motifs is 1. The zero-order chi connectivity index (χ0) is 17.4. The normalized spacial score (nSPS) is 15.1. The van der Waals surface area contributed by atoms with Crippen LogP contribution >= 0.6 is 11.3 Å². The van der Waals surface area contributed by atoms with Crippen LogP contribution in [0.1, 0.15) is 42.5 Å². The van der Waals surface area contributed by atoms with E-state index in [1.54, 1.807) is 11.3 Å². The van der Waals surface area contributed by atoms with Crippen molar-refractivity contribution in [2.75, 3.05) is 0 Å². The van der Waals surface area contributed by atoms with E-state index in [0.29, 0.717) is 12.5 Å². The molecule has 5 heteroatoms. The Balaban J connectivity index is 1.55. The summed E-state index contributed by atoms with van der Waals surface area (Å²) in [4.78, 5) is 18.0. The van der Waals surface area contributed by atoms with Gasteiger partial charge >= 0.3 is 0 Å². The first-order chi connectivity index (χ1) is 12.1. The van der Waals surface area contributed by atoms with E-state index in [-0.39, 0.29) is 5.91 Å². The Labute approximate surface area is 151 Å². The molecule has 1 aromatic carbocycles.